The van der Waals surface area contributed by atoms with Gasteiger partial charge < -0.3 is 20.5 Å². The lowest BCUT2D eigenvalue weighted by Gasteiger charge is -2.09. The molecule has 0 aliphatic rings. The molecule has 0 aliphatic carbocycles. The Morgan fingerprint density at radius 2 is 1.86 bits per heavy atom. The molecule has 0 aromatic heterocycles. The van der Waals surface area contributed by atoms with E-state index in [0.717, 1.165) is 5.75 Å². The van der Waals surface area contributed by atoms with Crippen LogP contribution in [0, 0.1) is 0 Å². The smallest absolute Gasteiger partial charge is 0.262 e. The molecule has 0 spiro atoms. The fraction of sp³-hybridized carbons (Fsp3) is 0.133. The van der Waals surface area contributed by atoms with Crippen LogP contribution in [0.2, 0.25) is 5.02 Å². The number of nitrogens with one attached hydrogen (secondary N) is 1. The Morgan fingerprint density at radius 3 is 2.48 bits per heavy atom. The van der Waals surface area contributed by atoms with Crippen molar-refractivity contribution in [3.05, 3.63) is 47.5 Å². The van der Waals surface area contributed by atoms with Gasteiger partial charge in [-0.05, 0) is 42.5 Å². The minimum Gasteiger partial charge on any atom is -0.497 e. The van der Waals surface area contributed by atoms with E-state index in [1.807, 2.05) is 0 Å². The molecule has 6 heteroatoms. The Labute approximate surface area is 127 Å². The Bertz CT molecular complexity index is 629. The SMILES string of the molecule is COc1ccc(OCC(=O)Nc2ccc(Cl)c(N)c2)cc1. The number of hydrogen-bond acceptors (Lipinski definition) is 4. The lowest BCUT2D eigenvalue weighted by molar-refractivity contribution is -0.118. The third-order valence-electron chi connectivity index (χ3n) is 2.71. The number of rotatable bonds is 5. The van der Waals surface area contributed by atoms with Gasteiger partial charge in [0.25, 0.3) is 5.91 Å². The quantitative estimate of drug-likeness (QED) is 0.833. The maximum atomic E-state index is 11.8. The van der Waals surface area contributed by atoms with Gasteiger partial charge in [0.15, 0.2) is 6.61 Å². The maximum Gasteiger partial charge on any atom is 0.262 e. The molecule has 2 aromatic rings. The van der Waals surface area contributed by atoms with Crippen molar-refractivity contribution >= 4 is 28.9 Å². The number of ether oxygens (including phenoxy) is 2. The highest BCUT2D eigenvalue weighted by Crippen LogP contribution is 2.22. The van der Waals surface area contributed by atoms with E-state index in [4.69, 9.17) is 26.8 Å². The summed E-state index contributed by atoms with van der Waals surface area (Å²) < 4.78 is 10.4. The molecule has 21 heavy (non-hydrogen) atoms. The van der Waals surface area contributed by atoms with Gasteiger partial charge in [0.05, 0.1) is 17.8 Å². The maximum absolute atomic E-state index is 11.8. The van der Waals surface area contributed by atoms with Crippen LogP contribution >= 0.6 is 11.6 Å². The van der Waals surface area contributed by atoms with Crippen molar-refractivity contribution < 1.29 is 14.3 Å². The highest BCUT2D eigenvalue weighted by atomic mass is 35.5. The molecular formula is C15H15ClN2O3. The summed E-state index contributed by atoms with van der Waals surface area (Å²) in [6.45, 7) is -0.102. The van der Waals surface area contributed by atoms with Crippen LogP contribution in [0.4, 0.5) is 11.4 Å². The van der Waals surface area contributed by atoms with E-state index in [9.17, 15) is 4.79 Å². The van der Waals surface area contributed by atoms with E-state index in [-0.39, 0.29) is 12.5 Å². The minimum atomic E-state index is -0.285. The van der Waals surface area contributed by atoms with Gasteiger partial charge in [-0.15, -0.1) is 0 Å². The molecule has 0 saturated heterocycles. The Balaban J connectivity index is 1.87. The Kier molecular flexibility index (Phi) is 4.90. The average Bonchev–Trinajstić information content (AvgIpc) is 2.49. The molecule has 0 heterocycles. The Morgan fingerprint density at radius 1 is 1.19 bits per heavy atom. The summed E-state index contributed by atoms with van der Waals surface area (Å²) >= 11 is 5.81. The van der Waals surface area contributed by atoms with Gasteiger partial charge in [0.1, 0.15) is 11.5 Å². The van der Waals surface area contributed by atoms with E-state index in [1.54, 1.807) is 49.6 Å². The third kappa shape index (κ3) is 4.29. The molecule has 0 aliphatic heterocycles. The normalized spacial score (nSPS) is 10.0. The largest absolute Gasteiger partial charge is 0.497 e. The molecule has 5 nitrogen and oxygen atoms in total. The Hall–Kier alpha value is -2.40. The number of hydrogen-bond donors (Lipinski definition) is 2. The number of amides is 1. The second-order valence-corrected chi connectivity index (χ2v) is 4.66. The number of anilines is 2. The molecule has 0 fully saturated rings. The van der Waals surface area contributed by atoms with Crippen LogP contribution in [-0.2, 0) is 4.79 Å². The topological polar surface area (TPSA) is 73.6 Å². The molecule has 1 amide bonds. The fourth-order valence-corrected chi connectivity index (χ4v) is 1.76. The number of benzene rings is 2. The number of carbonyl (C=O) groups is 1. The van der Waals surface area contributed by atoms with Gasteiger partial charge >= 0.3 is 0 Å². The lowest BCUT2D eigenvalue weighted by atomic mass is 10.3. The third-order valence-corrected chi connectivity index (χ3v) is 3.05. The van der Waals surface area contributed by atoms with Gasteiger partial charge in [0.2, 0.25) is 0 Å². The van der Waals surface area contributed by atoms with Gasteiger partial charge in [-0.25, -0.2) is 0 Å². The average molecular weight is 307 g/mol. The molecular weight excluding hydrogens is 292 g/mol. The van der Waals surface area contributed by atoms with Crippen LogP contribution in [0.25, 0.3) is 0 Å². The number of methoxy groups -OCH3 is 1. The number of halogens is 1. The monoisotopic (exact) mass is 306 g/mol. The molecule has 2 aromatic carbocycles. The van der Waals surface area contributed by atoms with Gasteiger partial charge in [-0.1, -0.05) is 11.6 Å². The summed E-state index contributed by atoms with van der Waals surface area (Å²) in [4.78, 5) is 11.8. The number of nitrogens with two attached hydrogens (primary N) is 1. The minimum absolute atomic E-state index is 0.102. The van der Waals surface area contributed by atoms with E-state index in [2.05, 4.69) is 5.32 Å². The predicted molar refractivity (Wildman–Crippen MR) is 83.0 cm³/mol. The summed E-state index contributed by atoms with van der Waals surface area (Å²) in [5, 5.41) is 3.12. The number of nitrogen functional groups attached to an aromatic ring is 1. The van der Waals surface area contributed by atoms with Crippen LogP contribution in [0.5, 0.6) is 11.5 Å². The van der Waals surface area contributed by atoms with Crippen LogP contribution in [0.3, 0.4) is 0 Å². The lowest BCUT2D eigenvalue weighted by Crippen LogP contribution is -2.20. The first-order valence-corrected chi connectivity index (χ1v) is 6.58. The fourth-order valence-electron chi connectivity index (χ4n) is 1.64. The van der Waals surface area contributed by atoms with E-state index in [1.165, 1.54) is 0 Å². The second kappa shape index (κ2) is 6.85. The summed E-state index contributed by atoms with van der Waals surface area (Å²) in [7, 11) is 1.58. The predicted octanol–water partition coefficient (Wildman–Crippen LogP) is 2.95. The van der Waals surface area contributed by atoms with Crippen LogP contribution in [0.15, 0.2) is 42.5 Å². The highest BCUT2D eigenvalue weighted by Gasteiger charge is 2.05. The van der Waals surface area contributed by atoms with Crippen molar-refractivity contribution in [3.63, 3.8) is 0 Å². The highest BCUT2D eigenvalue weighted by molar-refractivity contribution is 6.33. The second-order valence-electron chi connectivity index (χ2n) is 4.25. The van der Waals surface area contributed by atoms with Gasteiger partial charge in [-0.2, -0.15) is 0 Å². The molecule has 0 bridgehead atoms. The first kappa shape index (κ1) is 15.0. The van der Waals surface area contributed by atoms with Crippen LogP contribution in [0.1, 0.15) is 0 Å². The zero-order chi connectivity index (χ0) is 15.2. The van der Waals surface area contributed by atoms with Crippen molar-refractivity contribution in [2.24, 2.45) is 0 Å². The van der Waals surface area contributed by atoms with E-state index >= 15 is 0 Å². The van der Waals surface area contributed by atoms with Gasteiger partial charge in [0, 0.05) is 5.69 Å². The number of carbonyl (C=O) groups excluding carboxylic acids is 1. The summed E-state index contributed by atoms with van der Waals surface area (Å²) in [5.41, 5.74) is 6.64. The van der Waals surface area contributed by atoms with Crippen molar-refractivity contribution in [1.29, 1.82) is 0 Å². The molecule has 2 rings (SSSR count). The van der Waals surface area contributed by atoms with Crippen molar-refractivity contribution in [1.82, 2.24) is 0 Å². The molecule has 3 N–H and O–H groups in total. The van der Waals surface area contributed by atoms with Gasteiger partial charge in [-0.3, -0.25) is 4.79 Å². The standard InChI is InChI=1S/C15H15ClN2O3/c1-20-11-3-5-12(6-4-11)21-9-15(19)18-10-2-7-13(16)14(17)8-10/h2-8H,9,17H2,1H3,(H,18,19). The molecule has 0 radical (unpaired) electrons. The first-order valence-electron chi connectivity index (χ1n) is 6.20. The molecule has 0 saturated carbocycles. The van der Waals surface area contributed by atoms with Crippen LogP contribution in [-0.4, -0.2) is 19.6 Å². The van der Waals surface area contributed by atoms with Crippen molar-refractivity contribution in [3.8, 4) is 11.5 Å². The van der Waals surface area contributed by atoms with Crippen LogP contribution < -0.4 is 20.5 Å². The molecule has 0 atom stereocenters. The summed E-state index contributed by atoms with van der Waals surface area (Å²) in [6, 6.07) is 11.9. The van der Waals surface area contributed by atoms with E-state index < -0.39 is 0 Å². The molecule has 110 valence electrons. The zero-order valence-corrected chi connectivity index (χ0v) is 12.2. The zero-order valence-electron chi connectivity index (χ0n) is 11.4. The summed E-state index contributed by atoms with van der Waals surface area (Å²) in [5.74, 6) is 1.03. The first-order chi connectivity index (χ1) is 10.1. The summed E-state index contributed by atoms with van der Waals surface area (Å²) in [6.07, 6.45) is 0. The van der Waals surface area contributed by atoms with E-state index in [0.29, 0.717) is 22.1 Å². The molecule has 0 unspecified atom stereocenters. The van der Waals surface area contributed by atoms with Crippen molar-refractivity contribution in [2.45, 2.75) is 0 Å². The van der Waals surface area contributed by atoms with Crippen molar-refractivity contribution in [2.75, 3.05) is 24.8 Å².